The number of rotatable bonds is 66. The van der Waals surface area contributed by atoms with Crippen molar-refractivity contribution in [3.8, 4) is 0 Å². The van der Waals surface area contributed by atoms with Crippen molar-refractivity contribution < 1.29 is 24.5 Å². The predicted octanol–water partition coefficient (Wildman–Crippen LogP) is 22.5. The number of ether oxygens (including phenoxy) is 1. The van der Waals surface area contributed by atoms with Crippen molar-refractivity contribution in [3.05, 3.63) is 24.3 Å². The number of allylic oxidation sites excluding steroid dienone is 4. The topological polar surface area (TPSA) is 95.9 Å². The Kier molecular flexibility index (Phi) is 65.4. The molecule has 0 rings (SSSR count). The van der Waals surface area contributed by atoms with Crippen LogP contribution in [0.15, 0.2) is 24.3 Å². The van der Waals surface area contributed by atoms with E-state index in [-0.39, 0.29) is 18.5 Å². The Morgan fingerprint density at radius 1 is 0.364 bits per heavy atom. The number of nitrogens with one attached hydrogen (secondary N) is 1. The molecule has 0 aromatic heterocycles. The summed E-state index contributed by atoms with van der Waals surface area (Å²) in [7, 11) is 0. The van der Waals surface area contributed by atoms with Crippen LogP contribution in [-0.2, 0) is 14.3 Å². The lowest BCUT2D eigenvalue weighted by Crippen LogP contribution is -2.45. The summed E-state index contributed by atoms with van der Waals surface area (Å²) in [6.45, 7) is 4.94. The third kappa shape index (κ3) is 63.4. The minimum Gasteiger partial charge on any atom is -0.466 e. The van der Waals surface area contributed by atoms with Crippen LogP contribution in [0.2, 0.25) is 0 Å². The van der Waals surface area contributed by atoms with Gasteiger partial charge in [-0.3, -0.25) is 9.59 Å². The molecule has 0 saturated heterocycles. The number of amides is 1. The highest BCUT2D eigenvalue weighted by molar-refractivity contribution is 5.76. The maximum Gasteiger partial charge on any atom is 0.305 e. The number of unbranched alkanes of at least 4 members (excludes halogenated alkanes) is 51. The Bertz CT molecular complexity index is 1200. The van der Waals surface area contributed by atoms with E-state index < -0.39 is 12.1 Å². The molecule has 77 heavy (non-hydrogen) atoms. The summed E-state index contributed by atoms with van der Waals surface area (Å²) in [4.78, 5) is 24.6. The van der Waals surface area contributed by atoms with Crippen molar-refractivity contribution >= 4 is 11.9 Å². The number of aliphatic hydroxyl groups excluding tert-OH is 2. The summed E-state index contributed by atoms with van der Waals surface area (Å²) >= 11 is 0. The minimum atomic E-state index is -0.666. The van der Waals surface area contributed by atoms with E-state index in [9.17, 15) is 19.8 Å². The third-order valence-corrected chi connectivity index (χ3v) is 16.5. The Labute approximate surface area is 481 Å². The van der Waals surface area contributed by atoms with Gasteiger partial charge in [0.25, 0.3) is 0 Å². The molecule has 0 spiro atoms. The summed E-state index contributed by atoms with van der Waals surface area (Å²) in [6, 6.07) is -0.543. The van der Waals surface area contributed by atoms with E-state index in [0.29, 0.717) is 25.9 Å². The quantitative estimate of drug-likeness (QED) is 0.0320. The van der Waals surface area contributed by atoms with E-state index in [1.165, 1.54) is 308 Å². The molecule has 3 N–H and O–H groups in total. The lowest BCUT2D eigenvalue weighted by Gasteiger charge is -2.22. The van der Waals surface area contributed by atoms with E-state index in [2.05, 4.69) is 43.5 Å². The first-order chi connectivity index (χ1) is 38.0. The molecule has 0 aliphatic rings. The fourth-order valence-electron chi connectivity index (χ4n) is 11.1. The van der Waals surface area contributed by atoms with Crippen LogP contribution < -0.4 is 5.32 Å². The molecule has 6 heteroatoms. The van der Waals surface area contributed by atoms with Crippen LogP contribution in [0, 0.1) is 0 Å². The summed E-state index contributed by atoms with van der Waals surface area (Å²) in [5, 5.41) is 23.4. The zero-order valence-electron chi connectivity index (χ0n) is 52.2. The molecule has 0 bridgehead atoms. The number of aliphatic hydroxyl groups is 2. The highest BCUT2D eigenvalue weighted by Gasteiger charge is 2.20. The first kappa shape index (κ1) is 75.3. The molecule has 0 aromatic carbocycles. The van der Waals surface area contributed by atoms with Gasteiger partial charge in [-0.1, -0.05) is 353 Å². The number of carbonyl (C=O) groups is 2. The van der Waals surface area contributed by atoms with Crippen LogP contribution in [0.3, 0.4) is 0 Å². The van der Waals surface area contributed by atoms with Crippen LogP contribution in [0.25, 0.3) is 0 Å². The summed E-state index contributed by atoms with van der Waals surface area (Å²) < 4.78 is 5.48. The van der Waals surface area contributed by atoms with Gasteiger partial charge in [-0.05, 0) is 51.4 Å². The van der Waals surface area contributed by atoms with Gasteiger partial charge in [0.1, 0.15) is 0 Å². The smallest absolute Gasteiger partial charge is 0.305 e. The molecule has 0 aromatic rings. The fraction of sp³-hybridized carbons (Fsp3) is 0.915. The zero-order chi connectivity index (χ0) is 55.7. The van der Waals surface area contributed by atoms with Crippen LogP contribution >= 0.6 is 0 Å². The van der Waals surface area contributed by atoms with Gasteiger partial charge in [0.15, 0.2) is 0 Å². The summed E-state index contributed by atoms with van der Waals surface area (Å²) in [5.74, 6) is -0.0310. The average molecular weight is 1080 g/mol. The average Bonchev–Trinajstić information content (AvgIpc) is 3.43. The van der Waals surface area contributed by atoms with Gasteiger partial charge >= 0.3 is 5.97 Å². The van der Waals surface area contributed by atoms with Crippen LogP contribution in [0.4, 0.5) is 0 Å². The molecule has 6 nitrogen and oxygen atoms in total. The summed E-state index contributed by atoms with van der Waals surface area (Å²) in [6.07, 6.45) is 83.6. The molecular weight excluding hydrogens is 947 g/mol. The second-order valence-corrected chi connectivity index (χ2v) is 24.2. The van der Waals surface area contributed by atoms with Gasteiger partial charge in [-0.2, -0.15) is 0 Å². The second kappa shape index (κ2) is 66.8. The lowest BCUT2D eigenvalue weighted by atomic mass is 10.0. The van der Waals surface area contributed by atoms with Crippen LogP contribution in [0.5, 0.6) is 0 Å². The monoisotopic (exact) mass is 1080 g/mol. The van der Waals surface area contributed by atoms with E-state index in [0.717, 1.165) is 51.4 Å². The van der Waals surface area contributed by atoms with Crippen molar-refractivity contribution in [2.24, 2.45) is 0 Å². The Morgan fingerprint density at radius 3 is 1.03 bits per heavy atom. The van der Waals surface area contributed by atoms with E-state index in [1.807, 2.05) is 0 Å². The molecule has 0 radical (unpaired) electrons. The zero-order valence-corrected chi connectivity index (χ0v) is 52.2. The van der Waals surface area contributed by atoms with Crippen molar-refractivity contribution in [2.45, 2.75) is 405 Å². The Morgan fingerprint density at radius 2 is 0.662 bits per heavy atom. The van der Waals surface area contributed by atoms with E-state index >= 15 is 0 Å². The SMILES string of the molecule is CCCC/C=C\C/C=C\CCCCCCCC(=O)OCCCCCCCCCCCCCCCCCCCCCCCCC(=O)NC(CO)C(O)CCCCCCCCCCCCCCCCCCCCCCCCCC. The Balaban J connectivity index is 3.38. The number of hydrogen-bond acceptors (Lipinski definition) is 5. The van der Waals surface area contributed by atoms with Gasteiger partial charge in [0, 0.05) is 12.8 Å². The van der Waals surface area contributed by atoms with Crippen molar-refractivity contribution in [1.82, 2.24) is 5.32 Å². The highest BCUT2D eigenvalue weighted by atomic mass is 16.5. The molecular formula is C71H137NO5. The second-order valence-electron chi connectivity index (χ2n) is 24.2. The minimum absolute atomic E-state index is 0.000410. The van der Waals surface area contributed by atoms with Gasteiger partial charge in [-0.25, -0.2) is 0 Å². The van der Waals surface area contributed by atoms with Crippen molar-refractivity contribution in [2.75, 3.05) is 13.2 Å². The largest absolute Gasteiger partial charge is 0.466 e. The van der Waals surface area contributed by atoms with Gasteiger partial charge < -0.3 is 20.3 Å². The number of hydrogen-bond donors (Lipinski definition) is 3. The molecule has 0 saturated carbocycles. The number of carbonyl (C=O) groups excluding carboxylic acids is 2. The summed E-state index contributed by atoms with van der Waals surface area (Å²) in [5.41, 5.74) is 0. The third-order valence-electron chi connectivity index (χ3n) is 16.5. The fourth-order valence-corrected chi connectivity index (χ4v) is 11.1. The van der Waals surface area contributed by atoms with E-state index in [1.54, 1.807) is 0 Å². The first-order valence-corrected chi connectivity index (χ1v) is 35.1. The molecule has 0 aliphatic carbocycles. The normalized spacial score (nSPS) is 12.6. The first-order valence-electron chi connectivity index (χ1n) is 35.1. The van der Waals surface area contributed by atoms with Crippen LogP contribution in [-0.4, -0.2) is 47.4 Å². The standard InChI is InChI=1S/C71H137NO5/c1-3-5-7-9-11-13-15-17-19-20-21-22-23-24-27-30-33-36-39-43-47-51-55-59-63-69(74)68(67-73)72-70(75)64-60-56-52-48-44-40-37-34-31-28-25-26-29-32-35-38-42-46-50-54-58-62-66-77-71(76)65-61-57-53-49-45-41-18-16-14-12-10-8-6-4-2/h10,12,16,18,68-69,73-74H,3-9,11,13-15,17,19-67H2,1-2H3,(H,72,75)/b12-10-,18-16-. The lowest BCUT2D eigenvalue weighted by molar-refractivity contribution is -0.143. The Hall–Kier alpha value is -1.66. The van der Waals surface area contributed by atoms with E-state index in [4.69, 9.17) is 4.74 Å². The van der Waals surface area contributed by atoms with Gasteiger partial charge in [0.05, 0.1) is 25.4 Å². The molecule has 2 unspecified atom stereocenters. The molecule has 0 heterocycles. The maximum atomic E-state index is 12.6. The molecule has 2 atom stereocenters. The van der Waals surface area contributed by atoms with Gasteiger partial charge in [-0.15, -0.1) is 0 Å². The molecule has 1 amide bonds. The number of esters is 1. The molecule has 0 aliphatic heterocycles. The maximum absolute atomic E-state index is 12.6. The van der Waals surface area contributed by atoms with Crippen LogP contribution in [0.1, 0.15) is 393 Å². The molecule has 0 fully saturated rings. The van der Waals surface area contributed by atoms with Crippen molar-refractivity contribution in [1.29, 1.82) is 0 Å². The van der Waals surface area contributed by atoms with Crippen molar-refractivity contribution in [3.63, 3.8) is 0 Å². The predicted molar refractivity (Wildman–Crippen MR) is 338 cm³/mol. The highest BCUT2D eigenvalue weighted by Crippen LogP contribution is 2.19. The molecule has 456 valence electrons. The van der Waals surface area contributed by atoms with Gasteiger partial charge in [0.2, 0.25) is 5.91 Å².